The number of hydrogen-bond acceptors (Lipinski definition) is 4. The van der Waals surface area contributed by atoms with Gasteiger partial charge in [-0.15, -0.1) is 0 Å². The Bertz CT molecular complexity index is 1000. The number of furan rings is 1. The van der Waals surface area contributed by atoms with Crippen LogP contribution in [0.25, 0.3) is 0 Å². The lowest BCUT2D eigenvalue weighted by atomic mass is 9.85. The van der Waals surface area contributed by atoms with Gasteiger partial charge in [0.25, 0.3) is 0 Å². The van der Waals surface area contributed by atoms with Crippen molar-refractivity contribution in [2.75, 3.05) is 26.2 Å². The van der Waals surface area contributed by atoms with Crippen LogP contribution in [0.2, 0.25) is 0 Å². The summed E-state index contributed by atoms with van der Waals surface area (Å²) in [5.41, 5.74) is 1.25. The van der Waals surface area contributed by atoms with E-state index in [-0.39, 0.29) is 35.5 Å². The Hall–Kier alpha value is -3.35. The van der Waals surface area contributed by atoms with E-state index in [1.165, 1.54) is 10.5 Å². The number of guanidine groups is 1. The third-order valence-electron chi connectivity index (χ3n) is 6.95. The van der Waals surface area contributed by atoms with Gasteiger partial charge in [0.2, 0.25) is 11.8 Å². The first-order valence-electron chi connectivity index (χ1n) is 11.8. The number of imide groups is 1. The molecule has 0 spiro atoms. The van der Waals surface area contributed by atoms with Gasteiger partial charge in [-0.1, -0.05) is 42.5 Å². The number of nitrogens with zero attached hydrogens (tertiary/aromatic N) is 2. The first kappa shape index (κ1) is 21.5. The second-order valence-electron chi connectivity index (χ2n) is 8.98. The molecule has 1 aliphatic heterocycles. The van der Waals surface area contributed by atoms with Gasteiger partial charge in [-0.25, -0.2) is 0 Å². The first-order valence-corrected chi connectivity index (χ1v) is 11.8. The normalized spacial score (nSPS) is 25.7. The van der Waals surface area contributed by atoms with E-state index in [2.05, 4.69) is 39.9 Å². The molecule has 1 aromatic carbocycles. The lowest BCUT2D eigenvalue weighted by Gasteiger charge is -2.19. The third kappa shape index (κ3) is 4.58. The molecule has 2 fully saturated rings. The van der Waals surface area contributed by atoms with E-state index in [0.29, 0.717) is 32.0 Å². The third-order valence-corrected chi connectivity index (χ3v) is 6.95. The fraction of sp³-hybridized carbons (Fsp3) is 0.423. The Morgan fingerprint density at radius 2 is 1.67 bits per heavy atom. The largest absolute Gasteiger partial charge is 0.469 e. The minimum atomic E-state index is -0.141. The van der Waals surface area contributed by atoms with Crippen molar-refractivity contribution in [2.45, 2.75) is 19.3 Å². The molecule has 0 radical (unpaired) electrons. The number of rotatable bonds is 9. The maximum atomic E-state index is 12.9. The molecule has 2 aromatic rings. The summed E-state index contributed by atoms with van der Waals surface area (Å²) in [7, 11) is 0. The van der Waals surface area contributed by atoms with Gasteiger partial charge in [0.15, 0.2) is 5.96 Å². The van der Waals surface area contributed by atoms with Gasteiger partial charge in [0.1, 0.15) is 5.76 Å². The smallest absolute Gasteiger partial charge is 0.233 e. The summed E-state index contributed by atoms with van der Waals surface area (Å²) in [6, 6.07) is 14.1. The van der Waals surface area contributed by atoms with Crippen molar-refractivity contribution in [1.29, 1.82) is 0 Å². The van der Waals surface area contributed by atoms with E-state index < -0.39 is 0 Å². The summed E-state index contributed by atoms with van der Waals surface area (Å²) in [5.74, 6) is 1.77. The van der Waals surface area contributed by atoms with Gasteiger partial charge in [0, 0.05) is 32.6 Å². The number of benzene rings is 1. The Balaban J connectivity index is 1.15. The molecule has 2 aliphatic carbocycles. The molecule has 1 aromatic heterocycles. The lowest BCUT2D eigenvalue weighted by molar-refractivity contribution is -0.140. The van der Waals surface area contributed by atoms with Gasteiger partial charge in [0.05, 0.1) is 18.1 Å². The molecule has 1 saturated carbocycles. The van der Waals surface area contributed by atoms with Crippen LogP contribution in [0.3, 0.4) is 0 Å². The van der Waals surface area contributed by atoms with E-state index >= 15 is 0 Å². The first-order chi connectivity index (χ1) is 16.2. The number of amides is 2. The molecule has 5 rings (SSSR count). The van der Waals surface area contributed by atoms with Crippen LogP contribution in [-0.4, -0.2) is 48.9 Å². The van der Waals surface area contributed by atoms with Crippen molar-refractivity contribution in [2.24, 2.45) is 28.7 Å². The van der Waals surface area contributed by atoms with Gasteiger partial charge in [-0.2, -0.15) is 0 Å². The number of carbonyl (C=O) groups excluding carboxylic acids is 2. The molecule has 2 heterocycles. The van der Waals surface area contributed by atoms with E-state index in [1.807, 2.05) is 30.3 Å². The molecular formula is C26H30N4O3. The SMILES string of the molecule is O=C1C2C3C=CC(C3)C2C(=O)N1CCNC(=NCCc1ccco1)NCCc1ccccc1. The van der Waals surface area contributed by atoms with Crippen molar-refractivity contribution in [1.82, 2.24) is 15.5 Å². The molecule has 2 bridgehead atoms. The molecule has 4 unspecified atom stereocenters. The highest BCUT2D eigenvalue weighted by Gasteiger charge is 2.58. The Kier molecular flexibility index (Phi) is 6.28. The summed E-state index contributed by atoms with van der Waals surface area (Å²) in [6.07, 6.45) is 8.45. The monoisotopic (exact) mass is 446 g/mol. The highest BCUT2D eigenvalue weighted by atomic mass is 16.3. The number of fused-ring (bicyclic) bond motifs is 5. The number of aliphatic imine (C=N–C) groups is 1. The molecule has 2 amide bonds. The topological polar surface area (TPSA) is 86.9 Å². The van der Waals surface area contributed by atoms with Gasteiger partial charge in [-0.05, 0) is 42.4 Å². The highest BCUT2D eigenvalue weighted by Crippen LogP contribution is 2.52. The van der Waals surface area contributed by atoms with Crippen LogP contribution in [0.5, 0.6) is 0 Å². The van der Waals surface area contributed by atoms with Crippen molar-refractivity contribution >= 4 is 17.8 Å². The lowest BCUT2D eigenvalue weighted by Crippen LogP contribution is -2.44. The number of allylic oxidation sites excluding steroid dienone is 2. The predicted molar refractivity (Wildman–Crippen MR) is 125 cm³/mol. The molecule has 7 heteroatoms. The van der Waals surface area contributed by atoms with Crippen LogP contribution in [0, 0.1) is 23.7 Å². The molecule has 172 valence electrons. The van der Waals surface area contributed by atoms with Crippen LogP contribution in [-0.2, 0) is 22.4 Å². The molecule has 2 N–H and O–H groups in total. The number of hydrogen-bond donors (Lipinski definition) is 2. The Labute approximate surface area is 193 Å². The number of nitrogens with one attached hydrogen (secondary N) is 2. The van der Waals surface area contributed by atoms with Crippen LogP contribution in [0.1, 0.15) is 17.7 Å². The van der Waals surface area contributed by atoms with Crippen LogP contribution >= 0.6 is 0 Å². The average molecular weight is 447 g/mol. The number of likely N-dealkylation sites (tertiary alicyclic amines) is 1. The summed E-state index contributed by atoms with van der Waals surface area (Å²) in [5, 5.41) is 6.67. The number of carbonyl (C=O) groups is 2. The molecule has 3 aliphatic rings. The quantitative estimate of drug-likeness (QED) is 0.267. The van der Waals surface area contributed by atoms with Crippen molar-refractivity contribution in [3.05, 3.63) is 72.2 Å². The molecular weight excluding hydrogens is 416 g/mol. The zero-order valence-electron chi connectivity index (χ0n) is 18.7. The second-order valence-corrected chi connectivity index (χ2v) is 8.98. The standard InChI is InChI=1S/C26H30N4O3/c31-24-22-19-8-9-20(17-19)23(22)25(32)30(24)15-14-29-26(28-13-11-21-7-4-16-33-21)27-12-10-18-5-2-1-3-6-18/h1-9,16,19-20,22-23H,10-15,17H2,(H2,27,28,29). The van der Waals surface area contributed by atoms with Crippen LogP contribution in [0.4, 0.5) is 0 Å². The average Bonchev–Trinajstić information content (AvgIpc) is 3.62. The highest BCUT2D eigenvalue weighted by molar-refractivity contribution is 6.06. The van der Waals surface area contributed by atoms with E-state index in [0.717, 1.165) is 25.1 Å². The fourth-order valence-electron chi connectivity index (χ4n) is 5.35. The fourth-order valence-corrected chi connectivity index (χ4v) is 5.35. The summed E-state index contributed by atoms with van der Waals surface area (Å²) >= 11 is 0. The van der Waals surface area contributed by atoms with Crippen molar-refractivity contribution in [3.63, 3.8) is 0 Å². The van der Waals surface area contributed by atoms with Gasteiger partial charge < -0.3 is 15.1 Å². The maximum absolute atomic E-state index is 12.9. The van der Waals surface area contributed by atoms with Crippen molar-refractivity contribution < 1.29 is 14.0 Å². The minimum absolute atomic E-state index is 0.00278. The van der Waals surface area contributed by atoms with Crippen molar-refractivity contribution in [3.8, 4) is 0 Å². The Morgan fingerprint density at radius 1 is 0.939 bits per heavy atom. The predicted octanol–water partition coefficient (Wildman–Crippen LogP) is 2.41. The molecule has 33 heavy (non-hydrogen) atoms. The maximum Gasteiger partial charge on any atom is 0.233 e. The molecule has 7 nitrogen and oxygen atoms in total. The zero-order chi connectivity index (χ0) is 22.6. The van der Waals surface area contributed by atoms with E-state index in [4.69, 9.17) is 4.42 Å². The van der Waals surface area contributed by atoms with Crippen LogP contribution in [0.15, 0.2) is 70.3 Å². The summed E-state index contributed by atoms with van der Waals surface area (Å²) in [4.78, 5) is 31.9. The van der Waals surface area contributed by atoms with Crippen LogP contribution < -0.4 is 10.6 Å². The molecule has 4 atom stereocenters. The Morgan fingerprint density at radius 3 is 2.36 bits per heavy atom. The van der Waals surface area contributed by atoms with E-state index in [9.17, 15) is 9.59 Å². The summed E-state index contributed by atoms with van der Waals surface area (Å²) in [6.45, 7) is 2.14. The molecule has 1 saturated heterocycles. The van der Waals surface area contributed by atoms with Gasteiger partial charge >= 0.3 is 0 Å². The van der Waals surface area contributed by atoms with E-state index in [1.54, 1.807) is 6.26 Å². The summed E-state index contributed by atoms with van der Waals surface area (Å²) < 4.78 is 5.39. The zero-order valence-corrected chi connectivity index (χ0v) is 18.7. The second kappa shape index (κ2) is 9.65. The van der Waals surface area contributed by atoms with Gasteiger partial charge in [-0.3, -0.25) is 19.5 Å². The minimum Gasteiger partial charge on any atom is -0.469 e.